The number of fused-ring (bicyclic) bond motifs is 1. The number of piperidine rings is 1. The van der Waals surface area contributed by atoms with E-state index in [1.54, 1.807) is 12.1 Å². The van der Waals surface area contributed by atoms with Crippen LogP contribution in [0.2, 0.25) is 0 Å². The third-order valence-corrected chi connectivity index (χ3v) is 5.78. The van der Waals surface area contributed by atoms with Crippen LogP contribution in [0.1, 0.15) is 42.6 Å². The van der Waals surface area contributed by atoms with Gasteiger partial charge in [-0.15, -0.1) is 0 Å². The standard InChI is InChI=1S/C23H31N5O2/c1-17-6-9-22(30)20(25-17)15-28-21-14-18(16-29)7-8-19(21)26-23(28)24-10-5-13-27-11-3-2-4-12-27/h6-9,14,29-30H,2-5,10-13,15-16H2,1H3,(H,24,26). The molecule has 0 atom stereocenters. The molecule has 4 rings (SSSR count). The minimum Gasteiger partial charge on any atom is -0.506 e. The van der Waals surface area contributed by atoms with E-state index in [4.69, 9.17) is 4.98 Å². The van der Waals surface area contributed by atoms with Crippen molar-refractivity contribution in [1.29, 1.82) is 0 Å². The van der Waals surface area contributed by atoms with E-state index in [9.17, 15) is 10.2 Å². The zero-order valence-corrected chi connectivity index (χ0v) is 17.6. The number of hydrogen-bond donors (Lipinski definition) is 3. The van der Waals surface area contributed by atoms with Crippen LogP contribution < -0.4 is 5.32 Å². The van der Waals surface area contributed by atoms with Gasteiger partial charge in [-0.3, -0.25) is 4.98 Å². The van der Waals surface area contributed by atoms with Crippen molar-refractivity contribution in [1.82, 2.24) is 19.4 Å². The Morgan fingerprint density at radius 1 is 1.07 bits per heavy atom. The maximum atomic E-state index is 10.3. The van der Waals surface area contributed by atoms with Gasteiger partial charge < -0.3 is 25.0 Å². The van der Waals surface area contributed by atoms with Crippen molar-refractivity contribution in [3.05, 3.63) is 47.3 Å². The number of pyridine rings is 1. The molecule has 3 heterocycles. The highest BCUT2D eigenvalue weighted by Gasteiger charge is 2.15. The largest absolute Gasteiger partial charge is 0.506 e. The number of aliphatic hydroxyl groups excluding tert-OH is 1. The van der Waals surface area contributed by atoms with Gasteiger partial charge in [0, 0.05) is 12.2 Å². The third-order valence-electron chi connectivity index (χ3n) is 5.78. The summed E-state index contributed by atoms with van der Waals surface area (Å²) in [5.41, 5.74) is 4.08. The molecule has 0 amide bonds. The molecule has 1 fully saturated rings. The van der Waals surface area contributed by atoms with Gasteiger partial charge in [0.15, 0.2) is 0 Å². The van der Waals surface area contributed by atoms with Gasteiger partial charge in [-0.25, -0.2) is 4.98 Å². The summed E-state index contributed by atoms with van der Waals surface area (Å²) in [6.45, 7) is 6.66. The van der Waals surface area contributed by atoms with Crippen molar-refractivity contribution in [3.63, 3.8) is 0 Å². The molecule has 0 aliphatic carbocycles. The summed E-state index contributed by atoms with van der Waals surface area (Å²) >= 11 is 0. The topological polar surface area (TPSA) is 86.4 Å². The monoisotopic (exact) mass is 409 g/mol. The fraction of sp³-hybridized carbons (Fsp3) is 0.478. The molecule has 1 aliphatic heterocycles. The van der Waals surface area contributed by atoms with E-state index >= 15 is 0 Å². The van der Waals surface area contributed by atoms with Gasteiger partial charge in [0.2, 0.25) is 5.95 Å². The van der Waals surface area contributed by atoms with Gasteiger partial charge >= 0.3 is 0 Å². The third kappa shape index (κ3) is 4.74. The Hall–Kier alpha value is -2.64. The van der Waals surface area contributed by atoms with Crippen LogP contribution in [0.15, 0.2) is 30.3 Å². The molecule has 0 unspecified atom stereocenters. The number of aromatic nitrogens is 3. The summed E-state index contributed by atoms with van der Waals surface area (Å²) in [7, 11) is 0. The Balaban J connectivity index is 1.54. The summed E-state index contributed by atoms with van der Waals surface area (Å²) in [6, 6.07) is 9.26. The Labute approximate surface area is 177 Å². The number of benzene rings is 1. The number of aromatic hydroxyl groups is 1. The van der Waals surface area contributed by atoms with Crippen molar-refractivity contribution in [2.24, 2.45) is 0 Å². The molecule has 7 heteroatoms. The number of rotatable bonds is 8. The van der Waals surface area contributed by atoms with Crippen molar-refractivity contribution in [2.45, 2.75) is 45.8 Å². The molecule has 2 aromatic heterocycles. The number of nitrogens with zero attached hydrogens (tertiary/aromatic N) is 4. The van der Waals surface area contributed by atoms with Gasteiger partial charge in [0.05, 0.1) is 24.2 Å². The zero-order chi connectivity index (χ0) is 20.9. The number of likely N-dealkylation sites (tertiary alicyclic amines) is 1. The Kier molecular flexibility index (Phi) is 6.50. The first-order valence-corrected chi connectivity index (χ1v) is 10.9. The molecule has 1 aliphatic rings. The normalized spacial score (nSPS) is 15.0. The fourth-order valence-electron chi connectivity index (χ4n) is 4.12. The second-order valence-corrected chi connectivity index (χ2v) is 8.10. The molecular formula is C23H31N5O2. The van der Waals surface area contributed by atoms with Crippen LogP contribution in [0.25, 0.3) is 11.0 Å². The SMILES string of the molecule is Cc1ccc(O)c(Cn2c(NCCCN3CCCCC3)nc3ccc(CO)cc32)n1. The Bertz CT molecular complexity index is 995. The Morgan fingerprint density at radius 2 is 1.90 bits per heavy atom. The highest BCUT2D eigenvalue weighted by molar-refractivity contribution is 5.79. The zero-order valence-electron chi connectivity index (χ0n) is 17.6. The number of aryl methyl sites for hydroxylation is 1. The lowest BCUT2D eigenvalue weighted by Crippen LogP contribution is -2.31. The first kappa shape index (κ1) is 20.6. The van der Waals surface area contributed by atoms with E-state index in [1.807, 2.05) is 29.7 Å². The van der Waals surface area contributed by atoms with E-state index in [0.29, 0.717) is 12.2 Å². The maximum Gasteiger partial charge on any atom is 0.204 e. The van der Waals surface area contributed by atoms with Crippen LogP contribution in [0, 0.1) is 6.92 Å². The average Bonchev–Trinajstić information content (AvgIpc) is 3.11. The minimum atomic E-state index is -0.0202. The van der Waals surface area contributed by atoms with Crippen LogP contribution in [0.3, 0.4) is 0 Å². The number of nitrogens with one attached hydrogen (secondary N) is 1. The molecule has 1 saturated heterocycles. The summed E-state index contributed by atoms with van der Waals surface area (Å²) in [6.07, 6.45) is 5.03. The lowest BCUT2D eigenvalue weighted by atomic mass is 10.1. The van der Waals surface area contributed by atoms with Crippen LogP contribution in [0.4, 0.5) is 5.95 Å². The summed E-state index contributed by atoms with van der Waals surface area (Å²) in [5, 5.41) is 23.3. The highest BCUT2D eigenvalue weighted by atomic mass is 16.3. The summed E-state index contributed by atoms with van der Waals surface area (Å²) < 4.78 is 2.04. The molecule has 0 saturated carbocycles. The van der Waals surface area contributed by atoms with Gasteiger partial charge in [-0.1, -0.05) is 12.5 Å². The highest BCUT2D eigenvalue weighted by Crippen LogP contribution is 2.25. The van der Waals surface area contributed by atoms with Crippen LogP contribution >= 0.6 is 0 Å². The van der Waals surface area contributed by atoms with Gasteiger partial charge in [-0.2, -0.15) is 0 Å². The molecule has 7 nitrogen and oxygen atoms in total. The minimum absolute atomic E-state index is 0.0202. The fourth-order valence-corrected chi connectivity index (χ4v) is 4.12. The number of hydrogen-bond acceptors (Lipinski definition) is 6. The second-order valence-electron chi connectivity index (χ2n) is 8.10. The molecule has 0 bridgehead atoms. The van der Waals surface area contributed by atoms with Crippen molar-refractivity contribution in [2.75, 3.05) is 31.5 Å². The Morgan fingerprint density at radius 3 is 2.70 bits per heavy atom. The predicted octanol–water partition coefficient (Wildman–Crippen LogP) is 3.27. The molecule has 30 heavy (non-hydrogen) atoms. The first-order valence-electron chi connectivity index (χ1n) is 10.9. The molecule has 3 aromatic rings. The summed E-state index contributed by atoms with van der Waals surface area (Å²) in [5.74, 6) is 0.943. The average molecular weight is 410 g/mol. The molecule has 160 valence electrons. The lowest BCUT2D eigenvalue weighted by molar-refractivity contribution is 0.228. The molecule has 1 aromatic carbocycles. The van der Waals surface area contributed by atoms with E-state index in [1.165, 1.54) is 32.4 Å². The van der Waals surface area contributed by atoms with Gasteiger partial charge in [-0.05, 0) is 75.6 Å². The second kappa shape index (κ2) is 9.45. The first-order chi connectivity index (χ1) is 14.6. The van der Waals surface area contributed by atoms with E-state index in [-0.39, 0.29) is 12.4 Å². The smallest absolute Gasteiger partial charge is 0.204 e. The van der Waals surface area contributed by atoms with Crippen molar-refractivity contribution < 1.29 is 10.2 Å². The van der Waals surface area contributed by atoms with Crippen molar-refractivity contribution >= 4 is 17.0 Å². The molecule has 0 radical (unpaired) electrons. The van der Waals surface area contributed by atoms with Crippen LogP contribution in [-0.2, 0) is 13.2 Å². The van der Waals surface area contributed by atoms with Gasteiger partial charge in [0.1, 0.15) is 11.4 Å². The molecule has 0 spiro atoms. The quantitative estimate of drug-likeness (QED) is 0.495. The van der Waals surface area contributed by atoms with E-state index in [2.05, 4.69) is 15.2 Å². The molecular weight excluding hydrogens is 378 g/mol. The van der Waals surface area contributed by atoms with E-state index < -0.39 is 0 Å². The van der Waals surface area contributed by atoms with E-state index in [0.717, 1.165) is 47.7 Å². The van der Waals surface area contributed by atoms with Crippen molar-refractivity contribution in [3.8, 4) is 5.75 Å². The number of aliphatic hydroxyl groups is 1. The van der Waals surface area contributed by atoms with Gasteiger partial charge in [0.25, 0.3) is 0 Å². The number of anilines is 1. The molecule has 3 N–H and O–H groups in total. The summed E-state index contributed by atoms with van der Waals surface area (Å²) in [4.78, 5) is 11.8. The number of imidazole rings is 1. The lowest BCUT2D eigenvalue weighted by Gasteiger charge is -2.26. The van der Waals surface area contributed by atoms with Crippen LogP contribution in [-0.4, -0.2) is 55.8 Å². The predicted molar refractivity (Wildman–Crippen MR) is 119 cm³/mol. The maximum absolute atomic E-state index is 10.3. The van der Waals surface area contributed by atoms with Crippen LogP contribution in [0.5, 0.6) is 5.75 Å².